The molecule has 5 nitrogen and oxygen atoms in total. The molecule has 1 heterocycles. The van der Waals surface area contributed by atoms with E-state index >= 15 is 0 Å². The van der Waals surface area contributed by atoms with Crippen LogP contribution in [0, 0.1) is 0 Å². The van der Waals surface area contributed by atoms with E-state index in [0.717, 1.165) is 0 Å². The zero-order valence-electron chi connectivity index (χ0n) is 10.9. The Morgan fingerprint density at radius 1 is 1.19 bits per heavy atom. The standard InChI is InChI=1S/C14H12Cl2N4O/c1-2-3-17-13(21)9-7-18-14(19-8-9)20-12-5-10(15)4-11(16)6-12/h2,4-8H,1,3H2,(H,17,21)(H,18,19,20). The Hall–Kier alpha value is -2.11. The number of aromatic nitrogens is 2. The molecule has 1 amide bonds. The number of nitrogens with zero attached hydrogens (tertiary/aromatic N) is 2. The van der Waals surface area contributed by atoms with Crippen molar-refractivity contribution < 1.29 is 4.79 Å². The van der Waals surface area contributed by atoms with Gasteiger partial charge in [-0.25, -0.2) is 9.97 Å². The lowest BCUT2D eigenvalue weighted by atomic mass is 10.3. The topological polar surface area (TPSA) is 66.9 Å². The van der Waals surface area contributed by atoms with Crippen molar-refractivity contribution in [2.24, 2.45) is 0 Å². The average molecular weight is 323 g/mol. The van der Waals surface area contributed by atoms with E-state index in [1.165, 1.54) is 12.4 Å². The molecule has 0 atom stereocenters. The van der Waals surface area contributed by atoms with Crippen LogP contribution in [-0.4, -0.2) is 22.4 Å². The first-order valence-electron chi connectivity index (χ1n) is 6.03. The third kappa shape index (κ3) is 4.44. The molecule has 2 rings (SSSR count). The molecule has 0 unspecified atom stereocenters. The zero-order chi connectivity index (χ0) is 15.2. The Balaban J connectivity index is 2.08. The van der Waals surface area contributed by atoms with E-state index in [2.05, 4.69) is 27.2 Å². The van der Waals surface area contributed by atoms with Gasteiger partial charge in [0.25, 0.3) is 5.91 Å². The van der Waals surface area contributed by atoms with Crippen molar-refractivity contribution in [2.75, 3.05) is 11.9 Å². The first kappa shape index (κ1) is 15.3. The monoisotopic (exact) mass is 322 g/mol. The number of hydrogen-bond donors (Lipinski definition) is 2. The summed E-state index contributed by atoms with van der Waals surface area (Å²) in [5.74, 6) is 0.0841. The molecule has 2 N–H and O–H groups in total. The number of carbonyl (C=O) groups excluding carboxylic acids is 1. The van der Waals surface area contributed by atoms with Gasteiger partial charge in [-0.05, 0) is 18.2 Å². The van der Waals surface area contributed by atoms with Gasteiger partial charge in [0, 0.05) is 34.7 Å². The number of amides is 1. The van der Waals surface area contributed by atoms with E-state index in [4.69, 9.17) is 23.2 Å². The van der Waals surface area contributed by atoms with Gasteiger partial charge in [-0.3, -0.25) is 4.79 Å². The molecule has 1 aromatic heterocycles. The van der Waals surface area contributed by atoms with Crippen molar-refractivity contribution >= 4 is 40.7 Å². The van der Waals surface area contributed by atoms with Gasteiger partial charge in [-0.15, -0.1) is 6.58 Å². The van der Waals surface area contributed by atoms with Crippen molar-refractivity contribution in [1.82, 2.24) is 15.3 Å². The van der Waals surface area contributed by atoms with Crippen molar-refractivity contribution in [3.63, 3.8) is 0 Å². The summed E-state index contributed by atoms with van der Waals surface area (Å²) in [7, 11) is 0. The molecule has 7 heteroatoms. The maximum Gasteiger partial charge on any atom is 0.254 e. The fourth-order valence-corrected chi connectivity index (χ4v) is 2.06. The Morgan fingerprint density at radius 3 is 2.38 bits per heavy atom. The number of benzene rings is 1. The molecule has 1 aromatic carbocycles. The van der Waals surface area contributed by atoms with E-state index < -0.39 is 0 Å². The third-order valence-corrected chi connectivity index (χ3v) is 2.88. The highest BCUT2D eigenvalue weighted by Crippen LogP contribution is 2.23. The minimum Gasteiger partial charge on any atom is -0.348 e. The van der Waals surface area contributed by atoms with Gasteiger partial charge in [-0.1, -0.05) is 29.3 Å². The molecule has 0 aliphatic heterocycles. The lowest BCUT2D eigenvalue weighted by molar-refractivity contribution is 0.0957. The highest BCUT2D eigenvalue weighted by atomic mass is 35.5. The van der Waals surface area contributed by atoms with Crippen LogP contribution in [0.15, 0.2) is 43.2 Å². The second-order valence-electron chi connectivity index (χ2n) is 4.08. The molecule has 0 spiro atoms. The lowest BCUT2D eigenvalue weighted by Crippen LogP contribution is -2.23. The largest absolute Gasteiger partial charge is 0.348 e. The summed E-state index contributed by atoms with van der Waals surface area (Å²) in [5, 5.41) is 6.61. The van der Waals surface area contributed by atoms with Crippen LogP contribution in [0.3, 0.4) is 0 Å². The Labute approximate surface area is 132 Å². The van der Waals surface area contributed by atoms with Crippen molar-refractivity contribution in [3.05, 3.63) is 58.9 Å². The van der Waals surface area contributed by atoms with Crippen molar-refractivity contribution in [1.29, 1.82) is 0 Å². The summed E-state index contributed by atoms with van der Waals surface area (Å²) >= 11 is 11.8. The van der Waals surface area contributed by atoms with Crippen molar-refractivity contribution in [3.8, 4) is 0 Å². The van der Waals surface area contributed by atoms with Crippen molar-refractivity contribution in [2.45, 2.75) is 0 Å². The molecule has 2 aromatic rings. The fraction of sp³-hybridized carbons (Fsp3) is 0.0714. The van der Waals surface area contributed by atoms with Crippen LogP contribution in [0.1, 0.15) is 10.4 Å². The maximum absolute atomic E-state index is 11.7. The summed E-state index contributed by atoms with van der Waals surface area (Å²) < 4.78 is 0. The van der Waals surface area contributed by atoms with Crippen LogP contribution in [0.4, 0.5) is 11.6 Å². The number of carbonyl (C=O) groups is 1. The molecular formula is C14H12Cl2N4O. The van der Waals surface area contributed by atoms with E-state index in [1.54, 1.807) is 24.3 Å². The highest BCUT2D eigenvalue weighted by molar-refractivity contribution is 6.35. The van der Waals surface area contributed by atoms with E-state index in [1.807, 2.05) is 0 Å². The molecule has 0 radical (unpaired) electrons. The predicted octanol–water partition coefficient (Wildman–Crippen LogP) is 3.44. The van der Waals surface area contributed by atoms with Crippen LogP contribution in [0.5, 0.6) is 0 Å². The molecule has 21 heavy (non-hydrogen) atoms. The minimum absolute atomic E-state index is 0.257. The molecule has 0 bridgehead atoms. The van der Waals surface area contributed by atoms with Gasteiger partial charge >= 0.3 is 0 Å². The van der Waals surface area contributed by atoms with E-state index in [0.29, 0.717) is 33.8 Å². The summed E-state index contributed by atoms with van der Waals surface area (Å²) in [6.07, 6.45) is 4.46. The van der Waals surface area contributed by atoms with E-state index in [-0.39, 0.29) is 5.91 Å². The molecular weight excluding hydrogens is 311 g/mol. The summed E-state index contributed by atoms with van der Waals surface area (Å²) in [6.45, 7) is 3.91. The maximum atomic E-state index is 11.7. The van der Waals surface area contributed by atoms with Crippen LogP contribution in [0.25, 0.3) is 0 Å². The molecule has 0 aliphatic carbocycles. The molecule has 0 fully saturated rings. The van der Waals surface area contributed by atoms with Crippen LogP contribution >= 0.6 is 23.2 Å². The average Bonchev–Trinajstić information content (AvgIpc) is 2.44. The minimum atomic E-state index is -0.257. The van der Waals surface area contributed by atoms with Gasteiger partial charge in [-0.2, -0.15) is 0 Å². The first-order chi connectivity index (χ1) is 10.1. The normalized spacial score (nSPS) is 10.0. The van der Waals surface area contributed by atoms with Crippen LogP contribution in [0.2, 0.25) is 10.0 Å². The van der Waals surface area contributed by atoms with Crippen LogP contribution < -0.4 is 10.6 Å². The van der Waals surface area contributed by atoms with E-state index in [9.17, 15) is 4.79 Å². The van der Waals surface area contributed by atoms with Gasteiger partial charge in [0.05, 0.1) is 5.56 Å². The number of rotatable bonds is 5. The summed E-state index contributed by atoms with van der Waals surface area (Å²) in [4.78, 5) is 19.8. The SMILES string of the molecule is C=CCNC(=O)c1cnc(Nc2cc(Cl)cc(Cl)c2)nc1. The Kier molecular flexibility index (Phi) is 5.14. The van der Waals surface area contributed by atoms with Gasteiger partial charge in [0.2, 0.25) is 5.95 Å². The zero-order valence-corrected chi connectivity index (χ0v) is 12.4. The molecule has 0 aliphatic rings. The first-order valence-corrected chi connectivity index (χ1v) is 6.78. The number of halogens is 2. The second kappa shape index (κ2) is 7.06. The summed E-state index contributed by atoms with van der Waals surface area (Å²) in [6, 6.07) is 5.02. The molecule has 108 valence electrons. The molecule has 0 saturated heterocycles. The lowest BCUT2D eigenvalue weighted by Gasteiger charge is -2.06. The molecule has 0 saturated carbocycles. The third-order valence-electron chi connectivity index (χ3n) is 2.44. The Bertz CT molecular complexity index is 638. The summed E-state index contributed by atoms with van der Waals surface area (Å²) in [5.41, 5.74) is 1.03. The predicted molar refractivity (Wildman–Crippen MR) is 84.3 cm³/mol. The van der Waals surface area contributed by atoms with Gasteiger partial charge < -0.3 is 10.6 Å². The van der Waals surface area contributed by atoms with Crippen LogP contribution in [-0.2, 0) is 0 Å². The number of nitrogens with one attached hydrogen (secondary N) is 2. The van der Waals surface area contributed by atoms with Gasteiger partial charge in [0.15, 0.2) is 0 Å². The smallest absolute Gasteiger partial charge is 0.254 e. The second-order valence-corrected chi connectivity index (χ2v) is 4.95. The number of hydrogen-bond acceptors (Lipinski definition) is 4. The highest BCUT2D eigenvalue weighted by Gasteiger charge is 2.06. The Morgan fingerprint density at radius 2 is 1.81 bits per heavy atom. The van der Waals surface area contributed by atoms with Gasteiger partial charge in [0.1, 0.15) is 0 Å². The quantitative estimate of drug-likeness (QED) is 0.827. The fourth-order valence-electron chi connectivity index (χ4n) is 1.53. The number of anilines is 2.